The van der Waals surface area contributed by atoms with Crippen LogP contribution < -0.4 is 5.01 Å². The molecular weight excluding hydrogens is 448 g/mol. The summed E-state index contributed by atoms with van der Waals surface area (Å²) in [5.74, 6) is -0.164. The number of hydrogen-bond acceptors (Lipinski definition) is 7. The number of anilines is 1. The van der Waals surface area contributed by atoms with Gasteiger partial charge in [0, 0.05) is 5.56 Å². The number of furan rings is 1. The molecule has 2 heterocycles. The molecule has 1 amide bonds. The molecule has 0 fully saturated rings. The minimum absolute atomic E-state index is 0.221. The molecule has 4 rings (SSSR count). The second-order valence-corrected chi connectivity index (χ2v) is 8.14. The van der Waals surface area contributed by atoms with Gasteiger partial charge in [-0.15, -0.1) is 0 Å². The molecule has 0 saturated carbocycles. The Morgan fingerprint density at radius 2 is 1.74 bits per heavy atom. The third kappa shape index (κ3) is 5.06. The van der Waals surface area contributed by atoms with E-state index in [1.165, 1.54) is 12.1 Å². The van der Waals surface area contributed by atoms with Gasteiger partial charge < -0.3 is 13.9 Å². The van der Waals surface area contributed by atoms with E-state index in [1.807, 2.05) is 6.07 Å². The molecule has 0 aliphatic carbocycles. The van der Waals surface area contributed by atoms with E-state index in [0.717, 1.165) is 0 Å². The first-order valence-corrected chi connectivity index (χ1v) is 11.0. The highest BCUT2D eigenvalue weighted by atomic mass is 16.5. The van der Waals surface area contributed by atoms with E-state index >= 15 is 0 Å². The van der Waals surface area contributed by atoms with Crippen LogP contribution in [0.2, 0.25) is 0 Å². The second kappa shape index (κ2) is 9.80. The number of amides is 1. The molecular formula is C27H24N2O6. The Morgan fingerprint density at radius 1 is 1.00 bits per heavy atom. The molecule has 0 bridgehead atoms. The molecule has 3 aromatic rings. The van der Waals surface area contributed by atoms with Crippen molar-refractivity contribution in [1.82, 2.24) is 0 Å². The number of carbonyl (C=O) groups excluding carboxylic acids is 3. The van der Waals surface area contributed by atoms with Crippen molar-refractivity contribution in [3.8, 4) is 11.3 Å². The fourth-order valence-corrected chi connectivity index (χ4v) is 3.53. The van der Waals surface area contributed by atoms with Gasteiger partial charge in [-0.05, 0) is 75.4 Å². The van der Waals surface area contributed by atoms with Crippen molar-refractivity contribution in [3.63, 3.8) is 0 Å². The third-order valence-electron chi connectivity index (χ3n) is 5.23. The Hall–Kier alpha value is -4.46. The summed E-state index contributed by atoms with van der Waals surface area (Å²) < 4.78 is 15.9. The van der Waals surface area contributed by atoms with Crippen molar-refractivity contribution in [3.05, 3.63) is 83.1 Å². The van der Waals surface area contributed by atoms with Gasteiger partial charge in [0.1, 0.15) is 11.5 Å². The molecule has 0 N–H and O–H groups in total. The first kappa shape index (κ1) is 23.7. The van der Waals surface area contributed by atoms with Crippen molar-refractivity contribution in [2.24, 2.45) is 5.10 Å². The molecule has 35 heavy (non-hydrogen) atoms. The maximum absolute atomic E-state index is 13.1. The summed E-state index contributed by atoms with van der Waals surface area (Å²) in [6.45, 7) is 5.30. The molecule has 0 spiro atoms. The van der Waals surface area contributed by atoms with E-state index in [9.17, 15) is 14.4 Å². The number of hydrazone groups is 1. The summed E-state index contributed by atoms with van der Waals surface area (Å²) in [7, 11) is 1.33. The van der Waals surface area contributed by atoms with Crippen LogP contribution in [0.1, 0.15) is 47.2 Å². The molecule has 1 aliphatic rings. The normalized spacial score (nSPS) is 14.4. The lowest BCUT2D eigenvalue weighted by Gasteiger charge is -2.13. The summed E-state index contributed by atoms with van der Waals surface area (Å²) >= 11 is 0. The molecule has 0 radical (unpaired) electrons. The molecule has 1 aliphatic heterocycles. The van der Waals surface area contributed by atoms with Gasteiger partial charge in [-0.1, -0.05) is 12.1 Å². The highest BCUT2D eigenvalue weighted by Gasteiger charge is 2.29. The maximum atomic E-state index is 13.1. The van der Waals surface area contributed by atoms with Crippen LogP contribution in [0.25, 0.3) is 17.4 Å². The standard InChI is InChI=1S/C27H24N2O6/c1-16(2)34-27(32)18-8-10-21(11-9-18)29-25(30)23(17(3)28-29)15-22-12-13-24(35-22)19-6-5-7-20(14-19)26(31)33-4/h5-16H,1-4H3. The zero-order valence-electron chi connectivity index (χ0n) is 19.8. The SMILES string of the molecule is COC(=O)c1cccc(-c2ccc(C=C3C(=O)N(c4ccc(C(=O)OC(C)C)cc4)N=C3C)o2)c1. The predicted octanol–water partition coefficient (Wildman–Crippen LogP) is 5.10. The number of hydrogen-bond donors (Lipinski definition) is 0. The van der Waals surface area contributed by atoms with Gasteiger partial charge in [0.25, 0.3) is 5.91 Å². The third-order valence-corrected chi connectivity index (χ3v) is 5.23. The van der Waals surface area contributed by atoms with Crippen LogP contribution in [0, 0.1) is 0 Å². The van der Waals surface area contributed by atoms with Crippen molar-refractivity contribution in [1.29, 1.82) is 0 Å². The summed E-state index contributed by atoms with van der Waals surface area (Å²) in [4.78, 5) is 36.9. The van der Waals surface area contributed by atoms with Crippen LogP contribution in [0.5, 0.6) is 0 Å². The van der Waals surface area contributed by atoms with Crippen LogP contribution in [-0.2, 0) is 14.3 Å². The van der Waals surface area contributed by atoms with E-state index in [0.29, 0.717) is 45.2 Å². The first-order valence-electron chi connectivity index (χ1n) is 11.0. The van der Waals surface area contributed by atoms with Gasteiger partial charge in [0.2, 0.25) is 0 Å². The van der Waals surface area contributed by atoms with Gasteiger partial charge in [0.05, 0.1) is 41.3 Å². The number of esters is 2. The molecule has 8 heteroatoms. The highest BCUT2D eigenvalue weighted by Crippen LogP contribution is 2.28. The average Bonchev–Trinajstić information content (AvgIpc) is 3.43. The molecule has 0 saturated heterocycles. The molecule has 0 unspecified atom stereocenters. The molecule has 1 aromatic heterocycles. The van der Waals surface area contributed by atoms with E-state index < -0.39 is 11.9 Å². The smallest absolute Gasteiger partial charge is 0.338 e. The lowest BCUT2D eigenvalue weighted by Crippen LogP contribution is -2.21. The van der Waals surface area contributed by atoms with Gasteiger partial charge in [0.15, 0.2) is 0 Å². The van der Waals surface area contributed by atoms with E-state index in [-0.39, 0.29) is 12.0 Å². The summed E-state index contributed by atoms with van der Waals surface area (Å²) in [5, 5.41) is 5.65. The van der Waals surface area contributed by atoms with Gasteiger partial charge in [-0.25, -0.2) is 9.59 Å². The van der Waals surface area contributed by atoms with E-state index in [1.54, 1.807) is 81.4 Å². The Morgan fingerprint density at radius 3 is 2.43 bits per heavy atom. The van der Waals surface area contributed by atoms with Crippen molar-refractivity contribution >= 4 is 35.3 Å². The minimum Gasteiger partial charge on any atom is -0.465 e. The number of rotatable bonds is 6. The predicted molar refractivity (Wildman–Crippen MR) is 131 cm³/mol. The fourth-order valence-electron chi connectivity index (χ4n) is 3.53. The number of nitrogens with zero attached hydrogens (tertiary/aromatic N) is 2. The Kier molecular flexibility index (Phi) is 6.64. The Balaban J connectivity index is 1.53. The molecule has 178 valence electrons. The summed E-state index contributed by atoms with van der Waals surface area (Å²) in [6.07, 6.45) is 1.41. The van der Waals surface area contributed by atoms with Crippen LogP contribution >= 0.6 is 0 Å². The molecule has 2 aromatic carbocycles. The van der Waals surface area contributed by atoms with Crippen molar-refractivity contribution in [2.75, 3.05) is 12.1 Å². The first-order chi connectivity index (χ1) is 16.8. The lowest BCUT2D eigenvalue weighted by molar-refractivity contribution is -0.114. The largest absolute Gasteiger partial charge is 0.465 e. The lowest BCUT2D eigenvalue weighted by atomic mass is 10.1. The van der Waals surface area contributed by atoms with Crippen molar-refractivity contribution < 1.29 is 28.3 Å². The molecule has 8 nitrogen and oxygen atoms in total. The van der Waals surface area contributed by atoms with E-state index in [2.05, 4.69) is 5.10 Å². The van der Waals surface area contributed by atoms with Crippen LogP contribution in [-0.4, -0.2) is 36.8 Å². The maximum Gasteiger partial charge on any atom is 0.338 e. The van der Waals surface area contributed by atoms with Crippen molar-refractivity contribution in [2.45, 2.75) is 26.9 Å². The Labute approximate surface area is 202 Å². The van der Waals surface area contributed by atoms with Gasteiger partial charge in [-0.3, -0.25) is 4.79 Å². The van der Waals surface area contributed by atoms with Gasteiger partial charge >= 0.3 is 11.9 Å². The minimum atomic E-state index is -0.436. The number of methoxy groups -OCH3 is 1. The van der Waals surface area contributed by atoms with Crippen LogP contribution in [0.4, 0.5) is 5.69 Å². The number of benzene rings is 2. The quantitative estimate of drug-likeness (QED) is 0.365. The second-order valence-electron chi connectivity index (χ2n) is 8.14. The van der Waals surface area contributed by atoms with Crippen LogP contribution in [0.15, 0.2) is 75.8 Å². The van der Waals surface area contributed by atoms with E-state index in [4.69, 9.17) is 13.9 Å². The number of carbonyl (C=O) groups is 3. The zero-order valence-corrected chi connectivity index (χ0v) is 19.8. The molecule has 0 atom stereocenters. The van der Waals surface area contributed by atoms with Gasteiger partial charge in [-0.2, -0.15) is 10.1 Å². The Bertz CT molecular complexity index is 1350. The number of ether oxygens (including phenoxy) is 2. The zero-order chi connectivity index (χ0) is 25.1. The summed E-state index contributed by atoms with van der Waals surface area (Å²) in [5.41, 5.74) is 2.96. The monoisotopic (exact) mass is 472 g/mol. The average molecular weight is 472 g/mol. The highest BCUT2D eigenvalue weighted by molar-refractivity contribution is 6.32. The fraction of sp³-hybridized carbons (Fsp3) is 0.185. The van der Waals surface area contributed by atoms with Crippen LogP contribution in [0.3, 0.4) is 0 Å². The summed E-state index contributed by atoms with van der Waals surface area (Å²) in [6, 6.07) is 16.9. The topological polar surface area (TPSA) is 98.4 Å².